The Hall–Kier alpha value is -8.52. The molecule has 33 nitrogen and oxygen atoms in total. The highest BCUT2D eigenvalue weighted by atomic mass is 16.4. The topological polar surface area (TPSA) is 571 Å². The summed E-state index contributed by atoms with van der Waals surface area (Å²) in [5.74, 6) is -27.3. The summed E-state index contributed by atoms with van der Waals surface area (Å²) in [6, 6.07) is -17.9. The van der Waals surface area contributed by atoms with Crippen LogP contribution in [0.4, 0.5) is 0 Å². The molecule has 65 heavy (non-hydrogen) atoms. The molecular formula is C32H43N9O24. The molecule has 0 fully saturated rings. The molecule has 0 aromatic rings. The molecule has 0 bridgehead atoms. The van der Waals surface area contributed by atoms with E-state index < -0.39 is 195 Å². The number of nitrogens with one attached hydrogen (secondary N) is 7. The predicted molar refractivity (Wildman–Crippen MR) is 199 cm³/mol. The van der Waals surface area contributed by atoms with Crippen molar-refractivity contribution in [1.82, 2.24) is 37.2 Å². The second kappa shape index (κ2) is 26.7. The van der Waals surface area contributed by atoms with Gasteiger partial charge < -0.3 is 89.5 Å². The van der Waals surface area contributed by atoms with Crippen molar-refractivity contribution in [1.29, 1.82) is 0 Å². The van der Waals surface area contributed by atoms with Crippen molar-refractivity contribution >= 4 is 95.0 Å². The molecule has 0 aliphatic rings. The van der Waals surface area contributed by atoms with Gasteiger partial charge in [0.15, 0.2) is 0 Å². The van der Waals surface area contributed by atoms with Crippen molar-refractivity contribution in [2.75, 3.05) is 0 Å². The van der Waals surface area contributed by atoms with Gasteiger partial charge in [0.05, 0.1) is 57.4 Å². The number of carbonyl (C=O) groups excluding carboxylic acids is 8. The van der Waals surface area contributed by atoms with Crippen LogP contribution >= 0.6 is 0 Å². The van der Waals surface area contributed by atoms with Gasteiger partial charge in [-0.25, -0.2) is 4.79 Å². The fourth-order valence-corrected chi connectivity index (χ4v) is 4.90. The van der Waals surface area contributed by atoms with Gasteiger partial charge in [0.2, 0.25) is 47.3 Å². The lowest BCUT2D eigenvalue weighted by molar-refractivity contribution is -0.146. The number of carboxylic acids is 8. The number of hydrogen-bond acceptors (Lipinski definition) is 17. The number of nitrogens with two attached hydrogens (primary N) is 2. The molecule has 0 saturated heterocycles. The summed E-state index contributed by atoms with van der Waals surface area (Å²) in [5.41, 5.74) is 10.3. The van der Waals surface area contributed by atoms with Crippen LogP contribution in [0.5, 0.6) is 0 Å². The monoisotopic (exact) mass is 937 g/mol. The molecule has 0 aliphatic heterocycles. The SMILES string of the molecule is NC(=O)C[C@H](NC(=O)[C@H](CC(=O)O)NC(=O)[C@H](CC(=O)O)NC(=O)[C@H](CC(=O)O)NC(=O)[C@H](CC(=O)O)NC(=O)[C@H](CC(=O)O)NC(=O)[C@H](CC(=O)O)NC(=O)[C@@H](N)CC(=O)O)C(=O)O. The van der Waals surface area contributed by atoms with Crippen molar-refractivity contribution in [2.45, 2.75) is 99.7 Å². The maximum atomic E-state index is 13.3. The van der Waals surface area contributed by atoms with Crippen LogP contribution in [-0.4, -0.2) is 184 Å². The van der Waals surface area contributed by atoms with Crippen molar-refractivity contribution < 1.29 is 118 Å². The first kappa shape index (κ1) is 56.5. The standard InChI is InChI=1S/C32H43N9O24/c33-9(1-18(43)44)25(57)35-10(3-19(45)46)26(58)36-11(4-20(47)48)27(59)37-12(5-21(49)50)28(60)38-13(6-22(51)52)29(61)39-14(7-23(53)54)30(62)40-15(8-24(55)56)31(63)41-16(32(64)65)2-17(34)42/h9-16H,1-8,33H2,(H2,34,42)(H,35,57)(H,36,58)(H,37,59)(H,38,60)(H,39,61)(H,40,62)(H,41,63)(H,43,44)(H,45,46)(H,47,48)(H,49,50)(H,51,52)(H,53,54)(H,55,56)(H,64,65)/t9-,10-,11-,12-,13-,14-,15-,16-/m0/s1. The second-order valence-electron chi connectivity index (χ2n) is 13.2. The normalized spacial score (nSPS) is 14.2. The molecule has 0 radical (unpaired) electrons. The quantitative estimate of drug-likeness (QED) is 0.0307. The van der Waals surface area contributed by atoms with Gasteiger partial charge in [0.1, 0.15) is 42.3 Å². The lowest BCUT2D eigenvalue weighted by atomic mass is 10.1. The first-order chi connectivity index (χ1) is 29.9. The predicted octanol–water partition coefficient (Wildman–Crippen LogP) is -9.01. The van der Waals surface area contributed by atoms with Gasteiger partial charge in [0.25, 0.3) is 0 Å². The van der Waals surface area contributed by atoms with Gasteiger partial charge in [-0.3, -0.25) is 71.9 Å². The van der Waals surface area contributed by atoms with Crippen molar-refractivity contribution in [3.8, 4) is 0 Å². The Bertz CT molecular complexity index is 1940. The number of rotatable bonds is 31. The Labute approximate surface area is 361 Å². The molecule has 19 N–H and O–H groups in total. The molecule has 0 saturated carbocycles. The zero-order valence-electron chi connectivity index (χ0n) is 33.0. The molecule has 0 heterocycles. The van der Waals surface area contributed by atoms with Gasteiger partial charge >= 0.3 is 47.8 Å². The third-order valence-corrected chi connectivity index (χ3v) is 7.82. The summed E-state index contributed by atoms with van der Waals surface area (Å²) in [5, 5.41) is 86.2. The molecule has 0 rings (SSSR count). The molecule has 0 spiro atoms. The molecule has 0 aliphatic carbocycles. The van der Waals surface area contributed by atoms with E-state index in [9.17, 15) is 112 Å². The van der Waals surface area contributed by atoms with Crippen LogP contribution in [0.2, 0.25) is 0 Å². The second-order valence-corrected chi connectivity index (χ2v) is 13.2. The molecule has 8 atom stereocenters. The first-order valence-electron chi connectivity index (χ1n) is 17.9. The van der Waals surface area contributed by atoms with E-state index in [1.54, 1.807) is 37.2 Å². The van der Waals surface area contributed by atoms with Crippen LogP contribution < -0.4 is 48.7 Å². The average molecular weight is 938 g/mol. The zero-order valence-corrected chi connectivity index (χ0v) is 33.0. The van der Waals surface area contributed by atoms with E-state index in [0.717, 1.165) is 0 Å². The van der Waals surface area contributed by atoms with E-state index >= 15 is 0 Å². The highest BCUT2D eigenvalue weighted by Gasteiger charge is 2.37. The highest BCUT2D eigenvalue weighted by Crippen LogP contribution is 2.06. The smallest absolute Gasteiger partial charge is 0.326 e. The lowest BCUT2D eigenvalue weighted by Crippen LogP contribution is -2.61. The summed E-state index contributed by atoms with van der Waals surface area (Å²) in [6.07, 6.45) is -10.4. The maximum absolute atomic E-state index is 13.3. The van der Waals surface area contributed by atoms with E-state index in [-0.39, 0.29) is 0 Å². The zero-order chi connectivity index (χ0) is 50.5. The largest absolute Gasteiger partial charge is 0.481 e. The van der Waals surface area contributed by atoms with Gasteiger partial charge in [-0.1, -0.05) is 0 Å². The number of hydrogen-bond donors (Lipinski definition) is 17. The molecular weight excluding hydrogens is 894 g/mol. The van der Waals surface area contributed by atoms with Crippen LogP contribution in [-0.2, 0) is 76.7 Å². The fraction of sp³-hybridized carbons (Fsp3) is 0.500. The minimum absolute atomic E-state index is 1.01. The Kier molecular flexibility index (Phi) is 23.2. The average Bonchev–Trinajstić information content (AvgIpc) is 3.14. The van der Waals surface area contributed by atoms with Crippen molar-refractivity contribution in [3.05, 3.63) is 0 Å². The molecule has 33 heteroatoms. The highest BCUT2D eigenvalue weighted by molar-refractivity contribution is 6.01. The van der Waals surface area contributed by atoms with Crippen LogP contribution in [0.25, 0.3) is 0 Å². The third-order valence-electron chi connectivity index (χ3n) is 7.82. The third kappa shape index (κ3) is 22.8. The number of aliphatic carboxylic acids is 8. The Balaban J connectivity index is 6.60. The fourth-order valence-electron chi connectivity index (χ4n) is 4.90. The summed E-state index contributed by atoms with van der Waals surface area (Å²) in [4.78, 5) is 194. The van der Waals surface area contributed by atoms with E-state index in [2.05, 4.69) is 0 Å². The van der Waals surface area contributed by atoms with Crippen LogP contribution in [0.15, 0.2) is 0 Å². The van der Waals surface area contributed by atoms with Gasteiger partial charge in [-0.05, 0) is 0 Å². The van der Waals surface area contributed by atoms with E-state index in [4.69, 9.17) is 16.6 Å². The number of amides is 8. The van der Waals surface area contributed by atoms with Gasteiger partial charge in [-0.2, -0.15) is 0 Å². The van der Waals surface area contributed by atoms with E-state index in [1.165, 1.54) is 0 Å². The summed E-state index contributed by atoms with van der Waals surface area (Å²) < 4.78 is 0. The van der Waals surface area contributed by atoms with Crippen molar-refractivity contribution in [3.63, 3.8) is 0 Å². The van der Waals surface area contributed by atoms with Crippen molar-refractivity contribution in [2.24, 2.45) is 11.5 Å². The number of carboxylic acid groups (broad SMARTS) is 8. The molecule has 360 valence electrons. The summed E-state index contributed by atoms with van der Waals surface area (Å²) in [6.45, 7) is 0. The Morgan fingerprint density at radius 2 is 0.477 bits per heavy atom. The first-order valence-corrected chi connectivity index (χ1v) is 17.9. The molecule has 8 amide bonds. The maximum Gasteiger partial charge on any atom is 0.326 e. The molecule has 0 aromatic heterocycles. The van der Waals surface area contributed by atoms with Gasteiger partial charge in [0, 0.05) is 0 Å². The summed E-state index contributed by atoms with van der Waals surface area (Å²) >= 11 is 0. The van der Waals surface area contributed by atoms with Crippen LogP contribution in [0.1, 0.15) is 51.4 Å². The number of primary amides is 1. The molecule has 0 unspecified atom stereocenters. The van der Waals surface area contributed by atoms with Gasteiger partial charge in [-0.15, -0.1) is 0 Å². The van der Waals surface area contributed by atoms with Crippen LogP contribution in [0, 0.1) is 0 Å². The Morgan fingerprint density at radius 3 is 0.646 bits per heavy atom. The Morgan fingerprint density at radius 1 is 0.292 bits per heavy atom. The lowest BCUT2D eigenvalue weighted by Gasteiger charge is -2.26. The minimum Gasteiger partial charge on any atom is -0.481 e. The number of carbonyl (C=O) groups is 16. The summed E-state index contributed by atoms with van der Waals surface area (Å²) in [7, 11) is 0. The minimum atomic E-state index is -2.43. The van der Waals surface area contributed by atoms with Crippen LogP contribution in [0.3, 0.4) is 0 Å². The molecule has 0 aromatic carbocycles. The van der Waals surface area contributed by atoms with E-state index in [0.29, 0.717) is 0 Å². The van der Waals surface area contributed by atoms with E-state index in [1.807, 2.05) is 0 Å².